The molecule has 0 saturated heterocycles. The third kappa shape index (κ3) is 1.91. The lowest BCUT2D eigenvalue weighted by Crippen LogP contribution is -1.85. The first-order valence-electron chi connectivity index (χ1n) is 2.64. The van der Waals surface area contributed by atoms with E-state index in [1.54, 1.807) is 0 Å². The molecule has 0 N–H and O–H groups in total. The molecule has 1 aromatic carbocycles. The first-order chi connectivity index (χ1) is 4.74. The van der Waals surface area contributed by atoms with Crippen LogP contribution in [0.25, 0.3) is 0 Å². The Hall–Kier alpha value is 0.350. The van der Waals surface area contributed by atoms with Gasteiger partial charge in [0.25, 0.3) is 0 Å². The van der Waals surface area contributed by atoms with Crippen LogP contribution in [0.1, 0.15) is 10.4 Å². The van der Waals surface area contributed by atoms with E-state index in [9.17, 15) is 4.79 Å². The Morgan fingerprint density at radius 3 is 2.50 bits per heavy atom. The molecular formula is C7H4I2O. The largest absolute Gasteiger partial charge is 0.298 e. The Morgan fingerprint density at radius 2 is 2.00 bits per heavy atom. The third-order valence-electron chi connectivity index (χ3n) is 1.09. The topological polar surface area (TPSA) is 17.1 Å². The fraction of sp³-hybridized carbons (Fsp3) is 0. The third-order valence-corrected chi connectivity index (χ3v) is 2.74. The van der Waals surface area contributed by atoms with Gasteiger partial charge in [0.1, 0.15) is 0 Å². The Balaban J connectivity index is 3.21. The van der Waals surface area contributed by atoms with E-state index in [-0.39, 0.29) is 0 Å². The summed E-state index contributed by atoms with van der Waals surface area (Å²) in [6, 6.07) is 5.79. The highest BCUT2D eigenvalue weighted by Gasteiger charge is 1.96. The molecule has 0 aromatic heterocycles. The van der Waals surface area contributed by atoms with Gasteiger partial charge in [0.15, 0.2) is 6.29 Å². The SMILES string of the molecule is O=Cc1cc(I)ccc1I. The van der Waals surface area contributed by atoms with E-state index >= 15 is 0 Å². The van der Waals surface area contributed by atoms with Crippen LogP contribution in [0, 0.1) is 7.14 Å². The maximum atomic E-state index is 10.4. The summed E-state index contributed by atoms with van der Waals surface area (Å²) in [6.07, 6.45) is 0.879. The lowest BCUT2D eigenvalue weighted by Gasteiger charge is -1.94. The van der Waals surface area contributed by atoms with E-state index in [4.69, 9.17) is 0 Å². The van der Waals surface area contributed by atoms with Crippen molar-refractivity contribution < 1.29 is 4.79 Å². The number of halogens is 2. The van der Waals surface area contributed by atoms with Crippen LogP contribution in [0.2, 0.25) is 0 Å². The van der Waals surface area contributed by atoms with Crippen molar-refractivity contribution in [1.29, 1.82) is 0 Å². The molecule has 0 heterocycles. The van der Waals surface area contributed by atoms with Crippen LogP contribution in [-0.4, -0.2) is 6.29 Å². The van der Waals surface area contributed by atoms with Gasteiger partial charge in [0.2, 0.25) is 0 Å². The standard InChI is InChI=1S/C7H4I2O/c8-6-1-2-7(9)5(3-6)4-10/h1-4H. The molecule has 0 spiro atoms. The number of aldehydes is 1. The van der Waals surface area contributed by atoms with Crippen molar-refractivity contribution in [3.8, 4) is 0 Å². The molecular weight excluding hydrogens is 354 g/mol. The Bertz CT molecular complexity index is 258. The van der Waals surface area contributed by atoms with E-state index in [0.29, 0.717) is 0 Å². The molecule has 52 valence electrons. The summed E-state index contributed by atoms with van der Waals surface area (Å²) in [4.78, 5) is 10.4. The number of rotatable bonds is 1. The molecule has 0 atom stereocenters. The van der Waals surface area contributed by atoms with Gasteiger partial charge in [-0.1, -0.05) is 0 Å². The van der Waals surface area contributed by atoms with Crippen molar-refractivity contribution in [2.24, 2.45) is 0 Å². The molecule has 1 aromatic rings. The number of carbonyl (C=O) groups is 1. The van der Waals surface area contributed by atoms with E-state index in [1.807, 2.05) is 18.2 Å². The second-order valence-corrected chi connectivity index (χ2v) is 4.19. The van der Waals surface area contributed by atoms with Crippen molar-refractivity contribution in [3.05, 3.63) is 30.9 Å². The smallest absolute Gasteiger partial charge is 0.151 e. The number of hydrogen-bond donors (Lipinski definition) is 0. The van der Waals surface area contributed by atoms with Gasteiger partial charge in [0, 0.05) is 12.7 Å². The maximum absolute atomic E-state index is 10.4. The van der Waals surface area contributed by atoms with Crippen LogP contribution in [-0.2, 0) is 0 Å². The summed E-state index contributed by atoms with van der Waals surface area (Å²) in [5.74, 6) is 0. The quantitative estimate of drug-likeness (QED) is 0.558. The van der Waals surface area contributed by atoms with E-state index in [1.165, 1.54) is 0 Å². The summed E-state index contributed by atoms with van der Waals surface area (Å²) in [5, 5.41) is 0. The van der Waals surface area contributed by atoms with Crippen molar-refractivity contribution in [2.45, 2.75) is 0 Å². The second-order valence-electron chi connectivity index (χ2n) is 1.78. The van der Waals surface area contributed by atoms with Crippen molar-refractivity contribution in [2.75, 3.05) is 0 Å². The molecule has 1 nitrogen and oxygen atoms in total. The first-order valence-corrected chi connectivity index (χ1v) is 4.80. The van der Waals surface area contributed by atoms with Crippen molar-refractivity contribution in [1.82, 2.24) is 0 Å². The lowest BCUT2D eigenvalue weighted by atomic mass is 10.2. The molecule has 0 amide bonds. The Labute approximate surface area is 86.5 Å². The van der Waals surface area contributed by atoms with E-state index in [2.05, 4.69) is 45.2 Å². The molecule has 0 aliphatic rings. The molecule has 0 radical (unpaired) electrons. The van der Waals surface area contributed by atoms with Gasteiger partial charge in [-0.3, -0.25) is 4.79 Å². The summed E-state index contributed by atoms with van der Waals surface area (Å²) < 4.78 is 2.10. The minimum absolute atomic E-state index is 0.771. The van der Waals surface area contributed by atoms with Crippen molar-refractivity contribution in [3.63, 3.8) is 0 Å². The normalized spacial score (nSPS) is 9.40. The van der Waals surface area contributed by atoms with Crippen LogP contribution in [0.4, 0.5) is 0 Å². The zero-order chi connectivity index (χ0) is 7.56. The maximum Gasteiger partial charge on any atom is 0.151 e. The highest BCUT2D eigenvalue weighted by Crippen LogP contribution is 2.13. The fourth-order valence-electron chi connectivity index (χ4n) is 0.605. The first kappa shape index (κ1) is 8.45. The predicted octanol–water partition coefficient (Wildman–Crippen LogP) is 2.71. The summed E-state index contributed by atoms with van der Waals surface area (Å²) in [5.41, 5.74) is 0.771. The number of benzene rings is 1. The molecule has 0 aliphatic carbocycles. The van der Waals surface area contributed by atoms with Gasteiger partial charge in [-0.25, -0.2) is 0 Å². The van der Waals surface area contributed by atoms with Gasteiger partial charge in [0.05, 0.1) is 0 Å². The van der Waals surface area contributed by atoms with Crippen molar-refractivity contribution >= 4 is 51.5 Å². The van der Waals surface area contributed by atoms with Crippen LogP contribution >= 0.6 is 45.2 Å². The summed E-state index contributed by atoms with van der Waals surface area (Å²) in [7, 11) is 0. The lowest BCUT2D eigenvalue weighted by molar-refractivity contribution is 0.112. The number of hydrogen-bond acceptors (Lipinski definition) is 1. The van der Waals surface area contributed by atoms with Crippen LogP contribution in [0.3, 0.4) is 0 Å². The van der Waals surface area contributed by atoms with E-state index < -0.39 is 0 Å². The highest BCUT2D eigenvalue weighted by atomic mass is 127. The van der Waals surface area contributed by atoms with Gasteiger partial charge >= 0.3 is 0 Å². The van der Waals surface area contributed by atoms with E-state index in [0.717, 1.165) is 19.0 Å². The second kappa shape index (κ2) is 3.66. The van der Waals surface area contributed by atoms with Gasteiger partial charge in [-0.2, -0.15) is 0 Å². The molecule has 0 saturated carbocycles. The summed E-state index contributed by atoms with van der Waals surface area (Å²) >= 11 is 4.33. The highest BCUT2D eigenvalue weighted by molar-refractivity contribution is 14.1. The zero-order valence-corrected chi connectivity index (χ0v) is 9.29. The van der Waals surface area contributed by atoms with Crippen LogP contribution in [0.15, 0.2) is 18.2 Å². The van der Waals surface area contributed by atoms with Crippen LogP contribution < -0.4 is 0 Å². The van der Waals surface area contributed by atoms with Gasteiger partial charge in [-0.15, -0.1) is 0 Å². The molecule has 0 fully saturated rings. The predicted molar refractivity (Wildman–Crippen MR) is 57.3 cm³/mol. The fourth-order valence-corrected chi connectivity index (χ4v) is 1.58. The van der Waals surface area contributed by atoms with Gasteiger partial charge < -0.3 is 0 Å². The minimum atomic E-state index is 0.771. The molecule has 10 heavy (non-hydrogen) atoms. The monoisotopic (exact) mass is 358 g/mol. The molecule has 0 unspecified atom stereocenters. The molecule has 0 aliphatic heterocycles. The Morgan fingerprint density at radius 1 is 1.30 bits per heavy atom. The minimum Gasteiger partial charge on any atom is -0.298 e. The number of carbonyl (C=O) groups excluding carboxylic acids is 1. The van der Waals surface area contributed by atoms with Gasteiger partial charge in [-0.05, 0) is 63.4 Å². The molecule has 0 bridgehead atoms. The molecule has 3 heteroatoms. The Kier molecular flexibility index (Phi) is 3.09. The zero-order valence-electron chi connectivity index (χ0n) is 4.97. The summed E-state index contributed by atoms with van der Waals surface area (Å²) in [6.45, 7) is 0. The van der Waals surface area contributed by atoms with Crippen LogP contribution in [0.5, 0.6) is 0 Å². The average Bonchev–Trinajstić information content (AvgIpc) is 1.94. The molecule has 1 rings (SSSR count). The average molecular weight is 358 g/mol.